The molecule has 0 N–H and O–H groups in total. The molecule has 1 fully saturated rings. The van der Waals surface area contributed by atoms with Crippen LogP contribution in [-0.2, 0) is 4.74 Å². The largest absolute Gasteiger partial charge is 0.448 e. The highest BCUT2D eigenvalue weighted by atomic mass is 19.1. The van der Waals surface area contributed by atoms with E-state index in [2.05, 4.69) is 42.5 Å². The van der Waals surface area contributed by atoms with Crippen molar-refractivity contribution in [2.45, 2.75) is 44.2 Å². The summed E-state index contributed by atoms with van der Waals surface area (Å²) in [6, 6.07) is 21.8. The molecule has 6 rings (SSSR count). The van der Waals surface area contributed by atoms with Crippen molar-refractivity contribution in [3.8, 4) is 11.1 Å². The highest BCUT2D eigenvalue weighted by molar-refractivity contribution is 5.79. The van der Waals surface area contributed by atoms with Gasteiger partial charge in [0.2, 0.25) is 0 Å². The Morgan fingerprint density at radius 1 is 0.970 bits per heavy atom. The molecule has 3 aromatic carbocycles. The summed E-state index contributed by atoms with van der Waals surface area (Å²) in [6.07, 6.45) is 4.52. The van der Waals surface area contributed by atoms with Gasteiger partial charge in [0.15, 0.2) is 0 Å². The third-order valence-corrected chi connectivity index (χ3v) is 7.49. The minimum Gasteiger partial charge on any atom is -0.448 e. The maximum atomic E-state index is 13.9. The molecule has 4 heteroatoms. The summed E-state index contributed by atoms with van der Waals surface area (Å²) in [5, 5.41) is 0. The maximum absolute atomic E-state index is 13.9. The van der Waals surface area contributed by atoms with Crippen LogP contribution in [0.5, 0.6) is 0 Å². The molecule has 2 bridgehead atoms. The number of fused-ring (bicyclic) bond motifs is 5. The molecule has 2 unspecified atom stereocenters. The van der Waals surface area contributed by atoms with Gasteiger partial charge in [-0.2, -0.15) is 0 Å². The SMILES string of the molecule is Cc1ccc(F)cc1C1=CC2CCC(C1)N2C(=O)OCC1c2ccccc2-c2ccccc21. The smallest absolute Gasteiger partial charge is 0.410 e. The van der Waals surface area contributed by atoms with Gasteiger partial charge < -0.3 is 4.74 Å². The lowest BCUT2D eigenvalue weighted by atomic mass is 9.92. The first kappa shape index (κ1) is 20.2. The van der Waals surface area contributed by atoms with Gasteiger partial charge in [0.25, 0.3) is 0 Å². The Bertz CT molecular complexity index is 1230. The Hall–Kier alpha value is -3.40. The van der Waals surface area contributed by atoms with Gasteiger partial charge in [-0.1, -0.05) is 60.7 Å². The predicted octanol–water partition coefficient (Wildman–Crippen LogP) is 6.70. The number of benzene rings is 3. The van der Waals surface area contributed by atoms with Crippen molar-refractivity contribution in [2.24, 2.45) is 0 Å². The van der Waals surface area contributed by atoms with E-state index in [1.165, 1.54) is 28.3 Å². The molecule has 3 aromatic rings. The molecule has 2 heterocycles. The zero-order valence-corrected chi connectivity index (χ0v) is 18.6. The minimum absolute atomic E-state index is 0.0112. The molecule has 3 aliphatic rings. The summed E-state index contributed by atoms with van der Waals surface area (Å²) >= 11 is 0. The van der Waals surface area contributed by atoms with Gasteiger partial charge in [-0.05, 0) is 77.3 Å². The molecule has 0 aromatic heterocycles. The summed E-state index contributed by atoms with van der Waals surface area (Å²) in [7, 11) is 0. The molecule has 0 radical (unpaired) electrons. The van der Waals surface area contributed by atoms with Crippen LogP contribution in [0.1, 0.15) is 47.4 Å². The zero-order chi connectivity index (χ0) is 22.5. The summed E-state index contributed by atoms with van der Waals surface area (Å²) < 4.78 is 19.8. The van der Waals surface area contributed by atoms with E-state index in [0.29, 0.717) is 6.61 Å². The Kier molecular flexibility index (Phi) is 4.83. The molecule has 0 saturated carbocycles. The van der Waals surface area contributed by atoms with Crippen LogP contribution in [0.2, 0.25) is 0 Å². The van der Waals surface area contributed by atoms with Gasteiger partial charge in [0.05, 0.1) is 6.04 Å². The van der Waals surface area contributed by atoms with Crippen molar-refractivity contribution in [3.05, 3.63) is 101 Å². The highest BCUT2D eigenvalue weighted by Gasteiger charge is 2.41. The van der Waals surface area contributed by atoms with Gasteiger partial charge in [-0.3, -0.25) is 4.90 Å². The minimum atomic E-state index is -0.240. The van der Waals surface area contributed by atoms with E-state index < -0.39 is 0 Å². The summed E-state index contributed by atoms with van der Waals surface area (Å²) in [6.45, 7) is 2.35. The van der Waals surface area contributed by atoms with Crippen molar-refractivity contribution < 1.29 is 13.9 Å². The van der Waals surface area contributed by atoms with Crippen LogP contribution in [0.15, 0.2) is 72.8 Å². The van der Waals surface area contributed by atoms with Crippen LogP contribution in [-0.4, -0.2) is 29.7 Å². The van der Waals surface area contributed by atoms with E-state index in [-0.39, 0.29) is 29.9 Å². The Morgan fingerprint density at radius 3 is 2.36 bits per heavy atom. The van der Waals surface area contributed by atoms with E-state index in [4.69, 9.17) is 4.74 Å². The van der Waals surface area contributed by atoms with E-state index in [1.807, 2.05) is 30.0 Å². The Morgan fingerprint density at radius 2 is 1.67 bits per heavy atom. The summed E-state index contributed by atoms with van der Waals surface area (Å²) in [5.41, 5.74) is 8.06. The van der Waals surface area contributed by atoms with Crippen molar-refractivity contribution in [3.63, 3.8) is 0 Å². The number of ether oxygens (including phenoxy) is 1. The molecule has 33 heavy (non-hydrogen) atoms. The van der Waals surface area contributed by atoms with Gasteiger partial charge in [-0.25, -0.2) is 9.18 Å². The quantitative estimate of drug-likeness (QED) is 0.454. The van der Waals surface area contributed by atoms with Crippen molar-refractivity contribution in [2.75, 3.05) is 6.61 Å². The molecule has 166 valence electrons. The summed E-state index contributed by atoms with van der Waals surface area (Å²) in [4.78, 5) is 15.1. The standard InChI is InChI=1S/C29H26FNO2/c1-18-10-11-20(30)16-27(18)19-14-21-12-13-22(15-19)31(21)29(32)33-17-28-25-8-4-2-6-23(25)24-7-3-5-9-26(24)28/h2-11,14,16,21-22,28H,12-13,15,17H2,1H3. The average Bonchev–Trinajstić information content (AvgIpc) is 3.30. The number of rotatable bonds is 3. The lowest BCUT2D eigenvalue weighted by Gasteiger charge is -2.34. The van der Waals surface area contributed by atoms with Crippen LogP contribution in [0, 0.1) is 12.7 Å². The molecule has 1 saturated heterocycles. The number of hydrogen-bond acceptors (Lipinski definition) is 2. The third-order valence-electron chi connectivity index (χ3n) is 7.49. The van der Waals surface area contributed by atoms with Crippen LogP contribution < -0.4 is 0 Å². The van der Waals surface area contributed by atoms with Gasteiger partial charge in [-0.15, -0.1) is 0 Å². The normalized spacial score (nSPS) is 20.9. The van der Waals surface area contributed by atoms with Gasteiger partial charge in [0.1, 0.15) is 12.4 Å². The number of halogens is 1. The monoisotopic (exact) mass is 439 g/mol. The van der Waals surface area contributed by atoms with E-state index in [1.54, 1.807) is 6.07 Å². The van der Waals surface area contributed by atoms with Crippen molar-refractivity contribution in [1.82, 2.24) is 4.90 Å². The number of hydrogen-bond donors (Lipinski definition) is 0. The van der Waals surface area contributed by atoms with Crippen LogP contribution in [0.3, 0.4) is 0 Å². The van der Waals surface area contributed by atoms with Gasteiger partial charge >= 0.3 is 6.09 Å². The number of carbonyl (C=O) groups excluding carboxylic acids is 1. The van der Waals surface area contributed by atoms with Gasteiger partial charge in [0, 0.05) is 12.0 Å². The lowest BCUT2D eigenvalue weighted by molar-refractivity contribution is 0.0866. The molecule has 2 aliphatic heterocycles. The first-order valence-corrected chi connectivity index (χ1v) is 11.7. The van der Waals surface area contributed by atoms with Crippen LogP contribution in [0.4, 0.5) is 9.18 Å². The molecule has 3 nitrogen and oxygen atoms in total. The molecule has 2 atom stereocenters. The third kappa shape index (κ3) is 3.36. The Balaban J connectivity index is 1.21. The zero-order valence-electron chi connectivity index (χ0n) is 18.6. The molecule has 1 amide bonds. The fourth-order valence-corrected chi connectivity index (χ4v) is 5.92. The van der Waals surface area contributed by atoms with Crippen LogP contribution >= 0.6 is 0 Å². The maximum Gasteiger partial charge on any atom is 0.410 e. The van der Waals surface area contributed by atoms with Crippen molar-refractivity contribution in [1.29, 1.82) is 0 Å². The summed E-state index contributed by atoms with van der Waals surface area (Å²) in [5.74, 6) is -0.160. The molecular weight excluding hydrogens is 413 g/mol. The van der Waals surface area contributed by atoms with Crippen LogP contribution in [0.25, 0.3) is 16.7 Å². The molecular formula is C29H26FNO2. The predicted molar refractivity (Wildman–Crippen MR) is 127 cm³/mol. The number of amides is 1. The highest BCUT2D eigenvalue weighted by Crippen LogP contribution is 2.45. The van der Waals surface area contributed by atoms with E-state index in [0.717, 1.165) is 36.0 Å². The van der Waals surface area contributed by atoms with E-state index >= 15 is 0 Å². The Labute approximate surface area is 193 Å². The van der Waals surface area contributed by atoms with E-state index in [9.17, 15) is 9.18 Å². The molecule has 1 aliphatic carbocycles. The fourth-order valence-electron chi connectivity index (χ4n) is 5.92. The second kappa shape index (κ2) is 7.87. The number of carbonyl (C=O) groups is 1. The first-order chi connectivity index (χ1) is 16.1. The average molecular weight is 440 g/mol. The second-order valence-corrected chi connectivity index (χ2v) is 9.37. The number of nitrogens with zero attached hydrogens (tertiary/aromatic N) is 1. The van der Waals surface area contributed by atoms with Crippen molar-refractivity contribution >= 4 is 11.7 Å². The topological polar surface area (TPSA) is 29.5 Å². The lowest BCUT2D eigenvalue weighted by Crippen LogP contribution is -2.43. The first-order valence-electron chi connectivity index (χ1n) is 11.7. The second-order valence-electron chi connectivity index (χ2n) is 9.37. The number of aryl methyl sites for hydroxylation is 1. The molecule has 0 spiro atoms. The fraction of sp³-hybridized carbons (Fsp3) is 0.276.